The van der Waals surface area contributed by atoms with E-state index in [2.05, 4.69) is 10.3 Å². The molecule has 0 unspecified atom stereocenters. The number of carbonyl (C=O) groups excluding carboxylic acids is 1. The van der Waals surface area contributed by atoms with Crippen molar-refractivity contribution in [3.05, 3.63) is 52.6 Å². The van der Waals surface area contributed by atoms with Crippen LogP contribution in [0.2, 0.25) is 0 Å². The van der Waals surface area contributed by atoms with Gasteiger partial charge in [-0.05, 0) is 37.8 Å². The first kappa shape index (κ1) is 16.1. The number of hydrogen-bond donors (Lipinski definition) is 2. The summed E-state index contributed by atoms with van der Waals surface area (Å²) in [5.41, 5.74) is 0.450. The zero-order chi connectivity index (χ0) is 17.1. The van der Waals surface area contributed by atoms with Crippen molar-refractivity contribution in [2.45, 2.75) is 37.8 Å². The second-order valence-corrected chi connectivity index (χ2v) is 5.91. The summed E-state index contributed by atoms with van der Waals surface area (Å²) in [5.74, 6) is -0.336. The third-order valence-electron chi connectivity index (χ3n) is 4.25. The monoisotopic (exact) mass is 330 g/mol. The Hall–Kier alpha value is -2.74. The van der Waals surface area contributed by atoms with Gasteiger partial charge in [-0.25, -0.2) is 4.98 Å². The second kappa shape index (κ2) is 6.79. The maximum Gasteiger partial charge on any atom is 0.294 e. The summed E-state index contributed by atoms with van der Waals surface area (Å²) in [4.78, 5) is 27.1. The number of aliphatic hydroxyl groups excluding tert-OH is 1. The molecule has 1 saturated carbocycles. The predicted molar refractivity (Wildman–Crippen MR) is 85.9 cm³/mol. The number of carbonyl (C=O) groups is 1. The van der Waals surface area contributed by atoms with Crippen LogP contribution in [-0.4, -0.2) is 37.6 Å². The third-order valence-corrected chi connectivity index (χ3v) is 4.25. The average Bonchev–Trinajstić information content (AvgIpc) is 3.10. The molecule has 2 aromatic rings. The fraction of sp³-hybridized carbons (Fsp3) is 0.375. The summed E-state index contributed by atoms with van der Waals surface area (Å²) in [6.07, 6.45) is 7.04. The van der Waals surface area contributed by atoms with E-state index in [1.165, 1.54) is 23.2 Å². The zero-order valence-corrected chi connectivity index (χ0v) is 13.0. The van der Waals surface area contributed by atoms with Gasteiger partial charge in [-0.1, -0.05) is 0 Å². The summed E-state index contributed by atoms with van der Waals surface area (Å²) in [6, 6.07) is 4.38. The van der Waals surface area contributed by atoms with Crippen molar-refractivity contribution in [3.63, 3.8) is 0 Å². The van der Waals surface area contributed by atoms with Crippen LogP contribution < -0.4 is 5.32 Å². The van der Waals surface area contributed by atoms with Crippen LogP contribution in [0.5, 0.6) is 0 Å². The second-order valence-electron chi connectivity index (χ2n) is 5.91. The minimum atomic E-state index is -0.511. The first-order valence-electron chi connectivity index (χ1n) is 7.80. The van der Waals surface area contributed by atoms with Crippen LogP contribution in [0.4, 0.5) is 5.69 Å². The third kappa shape index (κ3) is 3.43. The van der Waals surface area contributed by atoms with E-state index in [1.807, 2.05) is 0 Å². The number of imidazole rings is 1. The molecule has 1 aliphatic rings. The van der Waals surface area contributed by atoms with Gasteiger partial charge in [-0.2, -0.15) is 0 Å². The number of hydrogen-bond acceptors (Lipinski definition) is 5. The van der Waals surface area contributed by atoms with E-state index in [0.717, 1.165) is 0 Å². The Morgan fingerprint density at radius 2 is 2.08 bits per heavy atom. The number of nitro groups is 1. The highest BCUT2D eigenvalue weighted by molar-refractivity contribution is 5.95. The van der Waals surface area contributed by atoms with Crippen molar-refractivity contribution in [3.8, 4) is 5.69 Å². The Morgan fingerprint density at radius 3 is 2.71 bits per heavy atom. The largest absolute Gasteiger partial charge is 0.393 e. The lowest BCUT2D eigenvalue weighted by atomic mass is 9.93. The van der Waals surface area contributed by atoms with Gasteiger partial charge in [0.15, 0.2) is 0 Å². The molecule has 0 atom stereocenters. The number of amides is 1. The summed E-state index contributed by atoms with van der Waals surface area (Å²) < 4.78 is 1.53. The molecule has 1 aromatic carbocycles. The zero-order valence-electron chi connectivity index (χ0n) is 13.0. The maximum absolute atomic E-state index is 12.4. The molecule has 1 aliphatic carbocycles. The Morgan fingerprint density at radius 1 is 1.33 bits per heavy atom. The number of rotatable bonds is 4. The molecule has 0 saturated heterocycles. The first-order valence-corrected chi connectivity index (χ1v) is 7.80. The molecule has 0 spiro atoms. The highest BCUT2D eigenvalue weighted by Crippen LogP contribution is 2.25. The Kier molecular flexibility index (Phi) is 4.57. The summed E-state index contributed by atoms with van der Waals surface area (Å²) in [6.45, 7) is 0. The lowest BCUT2D eigenvalue weighted by Crippen LogP contribution is -2.38. The van der Waals surface area contributed by atoms with E-state index in [0.29, 0.717) is 31.4 Å². The molecule has 1 amide bonds. The Balaban J connectivity index is 1.80. The van der Waals surface area contributed by atoms with Gasteiger partial charge < -0.3 is 15.0 Å². The molecule has 3 rings (SSSR count). The van der Waals surface area contributed by atoms with Crippen molar-refractivity contribution < 1.29 is 14.8 Å². The van der Waals surface area contributed by atoms with Gasteiger partial charge in [-0.15, -0.1) is 0 Å². The first-order chi connectivity index (χ1) is 11.5. The molecule has 1 aromatic heterocycles. The average molecular weight is 330 g/mol. The van der Waals surface area contributed by atoms with Gasteiger partial charge in [0, 0.05) is 30.1 Å². The van der Waals surface area contributed by atoms with Crippen LogP contribution >= 0.6 is 0 Å². The molecule has 0 aliphatic heterocycles. The SMILES string of the molecule is O=C(NC1CCC(O)CC1)c1ccc(-n2ccnc2)c([N+](=O)[O-])c1. The number of nitro benzene ring substituents is 1. The molecule has 8 nitrogen and oxygen atoms in total. The highest BCUT2D eigenvalue weighted by atomic mass is 16.6. The van der Waals surface area contributed by atoms with E-state index in [4.69, 9.17) is 0 Å². The van der Waals surface area contributed by atoms with Crippen molar-refractivity contribution in [1.29, 1.82) is 0 Å². The van der Waals surface area contributed by atoms with Gasteiger partial charge in [0.1, 0.15) is 5.69 Å². The molecule has 0 bridgehead atoms. The fourth-order valence-electron chi connectivity index (χ4n) is 2.92. The molecule has 1 fully saturated rings. The predicted octanol–water partition coefficient (Wildman–Crippen LogP) is 1.81. The van der Waals surface area contributed by atoms with E-state index >= 15 is 0 Å². The molecule has 1 heterocycles. The van der Waals surface area contributed by atoms with Crippen LogP contribution in [-0.2, 0) is 0 Å². The van der Waals surface area contributed by atoms with Crippen LogP contribution in [0, 0.1) is 10.1 Å². The molecular formula is C16H18N4O4. The van der Waals surface area contributed by atoms with Gasteiger partial charge >= 0.3 is 0 Å². The quantitative estimate of drug-likeness (QED) is 0.656. The lowest BCUT2D eigenvalue weighted by Gasteiger charge is -2.26. The molecule has 24 heavy (non-hydrogen) atoms. The van der Waals surface area contributed by atoms with Crippen LogP contribution in [0.25, 0.3) is 5.69 Å². The molecule has 8 heteroatoms. The normalized spacial score (nSPS) is 20.5. The number of benzene rings is 1. The van der Waals surface area contributed by atoms with E-state index in [-0.39, 0.29) is 29.3 Å². The van der Waals surface area contributed by atoms with Crippen LogP contribution in [0.3, 0.4) is 0 Å². The van der Waals surface area contributed by atoms with Gasteiger partial charge in [0.25, 0.3) is 11.6 Å². The summed E-state index contributed by atoms with van der Waals surface area (Å²) >= 11 is 0. The van der Waals surface area contributed by atoms with Crippen molar-refractivity contribution in [1.82, 2.24) is 14.9 Å². The topological polar surface area (TPSA) is 110 Å². The van der Waals surface area contributed by atoms with E-state index in [1.54, 1.807) is 18.3 Å². The molecule has 0 radical (unpaired) electrons. The van der Waals surface area contributed by atoms with Gasteiger partial charge in [0.05, 0.1) is 17.4 Å². The van der Waals surface area contributed by atoms with Gasteiger partial charge in [-0.3, -0.25) is 14.9 Å². The van der Waals surface area contributed by atoms with Crippen molar-refractivity contribution >= 4 is 11.6 Å². The minimum Gasteiger partial charge on any atom is -0.393 e. The van der Waals surface area contributed by atoms with Crippen molar-refractivity contribution in [2.75, 3.05) is 0 Å². The number of aromatic nitrogens is 2. The highest BCUT2D eigenvalue weighted by Gasteiger charge is 2.23. The Bertz CT molecular complexity index is 737. The summed E-state index contributed by atoms with van der Waals surface area (Å²) in [5, 5.41) is 23.7. The van der Waals surface area contributed by atoms with E-state index < -0.39 is 4.92 Å². The summed E-state index contributed by atoms with van der Waals surface area (Å²) in [7, 11) is 0. The van der Waals surface area contributed by atoms with E-state index in [9.17, 15) is 20.0 Å². The standard InChI is InChI=1S/C16H18N4O4/c21-13-4-2-12(3-5-13)18-16(22)11-1-6-14(15(9-11)20(23)24)19-8-7-17-10-19/h1,6-10,12-13,21H,2-5H2,(H,18,22). The molecule has 126 valence electrons. The maximum atomic E-state index is 12.4. The van der Waals surface area contributed by atoms with Crippen LogP contribution in [0.1, 0.15) is 36.0 Å². The smallest absolute Gasteiger partial charge is 0.294 e. The minimum absolute atomic E-state index is 0.00622. The number of nitrogens with one attached hydrogen (secondary N) is 1. The fourth-order valence-corrected chi connectivity index (χ4v) is 2.92. The lowest BCUT2D eigenvalue weighted by molar-refractivity contribution is -0.384. The molecule has 2 N–H and O–H groups in total. The number of aliphatic hydroxyl groups is 1. The van der Waals surface area contributed by atoms with Gasteiger partial charge in [0.2, 0.25) is 0 Å². The molecular weight excluding hydrogens is 312 g/mol. The number of nitrogens with zero attached hydrogens (tertiary/aromatic N) is 3. The van der Waals surface area contributed by atoms with Crippen molar-refractivity contribution in [2.24, 2.45) is 0 Å². The Labute approximate surface area is 138 Å². The van der Waals surface area contributed by atoms with Crippen LogP contribution in [0.15, 0.2) is 36.9 Å².